The number of aromatic nitrogens is 1. The Bertz CT molecular complexity index is 1710. The van der Waals surface area contributed by atoms with Crippen LogP contribution < -0.4 is 0 Å². The number of nitrogens with zero attached hydrogens (tertiary/aromatic N) is 2. The Morgan fingerprint density at radius 1 is 0.500 bits per heavy atom. The first kappa shape index (κ1) is 21.6. The minimum Gasteiger partial charge on any atom is -0.335 e. The zero-order chi connectivity index (χ0) is 24.5. The molecule has 6 rings (SSSR count). The highest BCUT2D eigenvalue weighted by molar-refractivity contribution is 6.17. The molecule has 6 aromatic rings. The lowest BCUT2D eigenvalue weighted by Crippen LogP contribution is -1.99. The van der Waals surface area contributed by atoms with Gasteiger partial charge < -0.3 is 4.57 Å². The largest absolute Gasteiger partial charge is 0.335 e. The summed E-state index contributed by atoms with van der Waals surface area (Å²) in [5.74, 6) is 0. The van der Waals surface area contributed by atoms with E-state index in [1.807, 2.05) is 29.8 Å². The van der Waals surface area contributed by atoms with Gasteiger partial charge in [0, 0.05) is 23.6 Å². The van der Waals surface area contributed by atoms with E-state index in [0.29, 0.717) is 5.69 Å². The summed E-state index contributed by atoms with van der Waals surface area (Å²) in [5, 5.41) is 11.1. The first-order chi connectivity index (χ1) is 17.8. The molecule has 0 aliphatic rings. The molecule has 5 aromatic carbocycles. The molecule has 36 heavy (non-hydrogen) atoms. The molecule has 0 unspecified atom stereocenters. The number of nitriles is 1. The summed E-state index contributed by atoms with van der Waals surface area (Å²) >= 11 is 0. The Morgan fingerprint density at radius 2 is 0.861 bits per heavy atom. The predicted molar refractivity (Wildman–Crippen MR) is 149 cm³/mol. The molecule has 0 aliphatic heterocycles. The van der Waals surface area contributed by atoms with Gasteiger partial charge in [0.15, 0.2) is 0 Å². The highest BCUT2D eigenvalue weighted by Crippen LogP contribution is 2.51. The zero-order valence-corrected chi connectivity index (χ0v) is 20.0. The number of rotatable bonds is 4. The van der Waals surface area contributed by atoms with Gasteiger partial charge in [-0.1, -0.05) is 121 Å². The standard InChI is InChI=1S/C34H24N2/c1-36-28(23-35)22-29-30(24-14-6-2-7-15-24)31(25-16-8-3-9-17-25)32(26-18-10-4-11-19-26)33(34(29)36)27-20-12-5-13-21-27/h2-22H,1H3. The molecule has 0 saturated carbocycles. The summed E-state index contributed by atoms with van der Waals surface area (Å²) in [4.78, 5) is 0. The molecule has 0 saturated heterocycles. The lowest BCUT2D eigenvalue weighted by atomic mass is 9.80. The molecular formula is C34H24N2. The lowest BCUT2D eigenvalue weighted by Gasteiger charge is -2.23. The topological polar surface area (TPSA) is 28.7 Å². The number of hydrogen-bond donors (Lipinski definition) is 0. The van der Waals surface area contributed by atoms with Gasteiger partial charge in [-0.15, -0.1) is 0 Å². The van der Waals surface area contributed by atoms with Crippen LogP contribution in [0.15, 0.2) is 127 Å². The Kier molecular flexibility index (Phi) is 5.45. The van der Waals surface area contributed by atoms with Crippen LogP contribution in [0.5, 0.6) is 0 Å². The summed E-state index contributed by atoms with van der Waals surface area (Å²) in [5.41, 5.74) is 10.9. The van der Waals surface area contributed by atoms with Gasteiger partial charge in [-0.25, -0.2) is 0 Å². The molecule has 1 aromatic heterocycles. The molecule has 170 valence electrons. The third-order valence-electron chi connectivity index (χ3n) is 6.85. The third kappa shape index (κ3) is 3.50. The van der Waals surface area contributed by atoms with E-state index in [0.717, 1.165) is 44.3 Å². The van der Waals surface area contributed by atoms with E-state index in [1.165, 1.54) is 11.1 Å². The monoisotopic (exact) mass is 460 g/mol. The Labute approximate surface area is 211 Å². The molecule has 0 aliphatic carbocycles. The van der Waals surface area contributed by atoms with E-state index in [9.17, 15) is 5.26 Å². The van der Waals surface area contributed by atoms with Crippen molar-refractivity contribution in [3.8, 4) is 50.6 Å². The van der Waals surface area contributed by atoms with Crippen LogP contribution in [0.3, 0.4) is 0 Å². The first-order valence-electron chi connectivity index (χ1n) is 12.1. The van der Waals surface area contributed by atoms with Gasteiger partial charge in [-0.2, -0.15) is 5.26 Å². The van der Waals surface area contributed by atoms with Gasteiger partial charge in [-0.05, 0) is 39.4 Å². The fourth-order valence-corrected chi connectivity index (χ4v) is 5.28. The van der Waals surface area contributed by atoms with E-state index in [4.69, 9.17) is 0 Å². The highest BCUT2D eigenvalue weighted by Gasteiger charge is 2.26. The van der Waals surface area contributed by atoms with Crippen molar-refractivity contribution in [1.29, 1.82) is 5.26 Å². The van der Waals surface area contributed by atoms with Gasteiger partial charge in [-0.3, -0.25) is 0 Å². The fourth-order valence-electron chi connectivity index (χ4n) is 5.28. The Hall–Kier alpha value is -4.87. The molecule has 0 spiro atoms. The van der Waals surface area contributed by atoms with Gasteiger partial charge >= 0.3 is 0 Å². The second-order valence-corrected chi connectivity index (χ2v) is 8.93. The third-order valence-corrected chi connectivity index (χ3v) is 6.85. The predicted octanol–water partition coefficient (Wildman–Crippen LogP) is 8.72. The van der Waals surface area contributed by atoms with Gasteiger partial charge in [0.25, 0.3) is 0 Å². The molecule has 2 heteroatoms. The zero-order valence-electron chi connectivity index (χ0n) is 20.0. The molecule has 0 fully saturated rings. The highest BCUT2D eigenvalue weighted by atomic mass is 14.9. The molecule has 0 atom stereocenters. The average molecular weight is 461 g/mol. The summed E-state index contributed by atoms with van der Waals surface area (Å²) in [6, 6.07) is 46.8. The summed E-state index contributed by atoms with van der Waals surface area (Å²) in [6.07, 6.45) is 0. The summed E-state index contributed by atoms with van der Waals surface area (Å²) in [6.45, 7) is 0. The molecule has 0 radical (unpaired) electrons. The van der Waals surface area contributed by atoms with Gasteiger partial charge in [0.1, 0.15) is 11.8 Å². The SMILES string of the molecule is Cn1c(C#N)cc2c(-c3ccccc3)c(-c3ccccc3)c(-c3ccccc3)c(-c3ccccc3)c21. The van der Waals surface area contributed by atoms with Crippen LogP contribution in [0.25, 0.3) is 55.4 Å². The van der Waals surface area contributed by atoms with Crippen LogP contribution in [0.1, 0.15) is 5.69 Å². The maximum Gasteiger partial charge on any atom is 0.121 e. The van der Waals surface area contributed by atoms with Gasteiger partial charge in [0.2, 0.25) is 0 Å². The van der Waals surface area contributed by atoms with E-state index in [1.54, 1.807) is 0 Å². The number of aryl methyl sites for hydroxylation is 1. The number of fused-ring (bicyclic) bond motifs is 1. The van der Waals surface area contributed by atoms with Gasteiger partial charge in [0.05, 0.1) is 5.52 Å². The van der Waals surface area contributed by atoms with Crippen LogP contribution >= 0.6 is 0 Å². The van der Waals surface area contributed by atoms with Crippen molar-refractivity contribution in [2.24, 2.45) is 7.05 Å². The van der Waals surface area contributed by atoms with Crippen LogP contribution in [0, 0.1) is 11.3 Å². The van der Waals surface area contributed by atoms with E-state index in [2.05, 4.69) is 115 Å². The second-order valence-electron chi connectivity index (χ2n) is 8.93. The minimum absolute atomic E-state index is 0.642. The van der Waals surface area contributed by atoms with Crippen molar-refractivity contribution < 1.29 is 0 Å². The maximum atomic E-state index is 10.0. The van der Waals surface area contributed by atoms with Crippen molar-refractivity contribution in [3.63, 3.8) is 0 Å². The summed E-state index contributed by atoms with van der Waals surface area (Å²) < 4.78 is 2.05. The molecule has 2 nitrogen and oxygen atoms in total. The van der Waals surface area contributed by atoms with Crippen molar-refractivity contribution in [3.05, 3.63) is 133 Å². The smallest absolute Gasteiger partial charge is 0.121 e. The van der Waals surface area contributed by atoms with Crippen molar-refractivity contribution in [1.82, 2.24) is 4.57 Å². The maximum absolute atomic E-state index is 10.0. The number of hydrogen-bond acceptors (Lipinski definition) is 1. The van der Waals surface area contributed by atoms with E-state index >= 15 is 0 Å². The molecule has 0 N–H and O–H groups in total. The fraction of sp³-hybridized carbons (Fsp3) is 0.0294. The summed E-state index contributed by atoms with van der Waals surface area (Å²) in [7, 11) is 2.00. The van der Waals surface area contributed by atoms with Crippen molar-refractivity contribution in [2.75, 3.05) is 0 Å². The van der Waals surface area contributed by atoms with Crippen molar-refractivity contribution in [2.45, 2.75) is 0 Å². The first-order valence-corrected chi connectivity index (χ1v) is 12.1. The van der Waals surface area contributed by atoms with Crippen LogP contribution in [-0.4, -0.2) is 4.57 Å². The van der Waals surface area contributed by atoms with Crippen LogP contribution in [0.2, 0.25) is 0 Å². The lowest BCUT2D eigenvalue weighted by molar-refractivity contribution is 0.948. The number of benzene rings is 5. The van der Waals surface area contributed by atoms with E-state index in [-0.39, 0.29) is 0 Å². The Balaban J connectivity index is 1.94. The van der Waals surface area contributed by atoms with Crippen molar-refractivity contribution >= 4 is 10.9 Å². The normalized spacial score (nSPS) is 10.9. The molecule has 0 bridgehead atoms. The molecular weight excluding hydrogens is 436 g/mol. The van der Waals surface area contributed by atoms with Crippen LogP contribution in [0.4, 0.5) is 0 Å². The molecule has 1 heterocycles. The quantitative estimate of drug-likeness (QED) is 0.259. The Morgan fingerprint density at radius 3 is 1.28 bits per heavy atom. The van der Waals surface area contributed by atoms with E-state index < -0.39 is 0 Å². The molecule has 0 amide bonds. The van der Waals surface area contributed by atoms with Crippen LogP contribution in [-0.2, 0) is 7.05 Å². The average Bonchev–Trinajstić information content (AvgIpc) is 3.29. The second kappa shape index (κ2) is 9.06. The minimum atomic E-state index is 0.642.